The quantitative estimate of drug-likeness (QED) is 0.675. The van der Waals surface area contributed by atoms with Crippen molar-refractivity contribution in [3.63, 3.8) is 0 Å². The van der Waals surface area contributed by atoms with E-state index in [-0.39, 0.29) is 5.69 Å². The molecule has 21 heavy (non-hydrogen) atoms. The molecule has 0 amide bonds. The summed E-state index contributed by atoms with van der Waals surface area (Å²) in [6, 6.07) is 9.97. The molecule has 0 saturated carbocycles. The smallest absolute Gasteiger partial charge is 0.270 e. The van der Waals surface area contributed by atoms with E-state index in [4.69, 9.17) is 15.2 Å². The van der Waals surface area contributed by atoms with Crippen LogP contribution in [0.3, 0.4) is 0 Å². The van der Waals surface area contributed by atoms with Crippen LogP contribution in [0.1, 0.15) is 5.56 Å². The average Bonchev–Trinajstić information content (AvgIpc) is 2.53. The molecule has 2 N–H and O–H groups in total. The van der Waals surface area contributed by atoms with Crippen molar-refractivity contribution in [2.45, 2.75) is 6.54 Å². The summed E-state index contributed by atoms with van der Waals surface area (Å²) in [5, 5.41) is 10.9. The van der Waals surface area contributed by atoms with Crippen LogP contribution in [0.2, 0.25) is 0 Å². The molecule has 0 radical (unpaired) electrons. The van der Waals surface area contributed by atoms with Crippen molar-refractivity contribution in [2.24, 2.45) is 5.73 Å². The van der Waals surface area contributed by atoms with Crippen molar-refractivity contribution in [3.05, 3.63) is 52.1 Å². The molecule has 0 aliphatic heterocycles. The van der Waals surface area contributed by atoms with Crippen LogP contribution in [-0.2, 0) is 6.54 Å². The molecule has 0 bridgehead atoms. The van der Waals surface area contributed by atoms with Gasteiger partial charge in [0.2, 0.25) is 0 Å². The molecule has 0 aliphatic rings. The standard InChI is InChI=1S/C15H16N2O4/c1-20-14-7-11(9-16)13(8-15(14)21-2)10-4-3-5-12(6-10)17(18)19/h3-8H,9,16H2,1-2H3. The second-order valence-corrected chi connectivity index (χ2v) is 4.38. The van der Waals surface area contributed by atoms with Gasteiger partial charge in [-0.15, -0.1) is 0 Å². The topological polar surface area (TPSA) is 87.6 Å². The Labute approximate surface area is 122 Å². The summed E-state index contributed by atoms with van der Waals surface area (Å²) in [5.41, 5.74) is 8.13. The zero-order valence-corrected chi connectivity index (χ0v) is 11.8. The predicted molar refractivity (Wildman–Crippen MR) is 79.5 cm³/mol. The van der Waals surface area contributed by atoms with Crippen LogP contribution in [0.15, 0.2) is 36.4 Å². The molecular weight excluding hydrogens is 272 g/mol. The van der Waals surface area contributed by atoms with Gasteiger partial charge in [0.05, 0.1) is 19.1 Å². The van der Waals surface area contributed by atoms with Crippen molar-refractivity contribution >= 4 is 5.69 Å². The van der Waals surface area contributed by atoms with Crippen LogP contribution in [0.25, 0.3) is 11.1 Å². The lowest BCUT2D eigenvalue weighted by Crippen LogP contribution is -2.01. The maximum absolute atomic E-state index is 10.9. The molecule has 0 spiro atoms. The summed E-state index contributed by atoms with van der Waals surface area (Å²) < 4.78 is 10.5. The fraction of sp³-hybridized carbons (Fsp3) is 0.200. The lowest BCUT2D eigenvalue weighted by molar-refractivity contribution is -0.384. The number of methoxy groups -OCH3 is 2. The summed E-state index contributed by atoms with van der Waals surface area (Å²) in [5.74, 6) is 1.13. The van der Waals surface area contributed by atoms with Gasteiger partial charge >= 0.3 is 0 Å². The number of nitro benzene ring substituents is 1. The van der Waals surface area contributed by atoms with Crippen LogP contribution in [0, 0.1) is 10.1 Å². The highest BCUT2D eigenvalue weighted by molar-refractivity contribution is 5.73. The number of nitrogens with zero attached hydrogens (tertiary/aromatic N) is 1. The Morgan fingerprint density at radius 3 is 2.38 bits per heavy atom. The Morgan fingerprint density at radius 1 is 1.14 bits per heavy atom. The molecule has 0 aromatic heterocycles. The van der Waals surface area contributed by atoms with Gasteiger partial charge in [0, 0.05) is 18.7 Å². The lowest BCUT2D eigenvalue weighted by atomic mass is 9.98. The highest BCUT2D eigenvalue weighted by atomic mass is 16.6. The summed E-state index contributed by atoms with van der Waals surface area (Å²) in [6.45, 7) is 0.290. The van der Waals surface area contributed by atoms with Gasteiger partial charge in [0.1, 0.15) is 0 Å². The van der Waals surface area contributed by atoms with E-state index in [1.807, 2.05) is 0 Å². The maximum atomic E-state index is 10.9. The molecule has 0 aliphatic carbocycles. The Morgan fingerprint density at radius 2 is 1.81 bits per heavy atom. The number of hydrogen-bond acceptors (Lipinski definition) is 5. The lowest BCUT2D eigenvalue weighted by Gasteiger charge is -2.14. The molecule has 0 saturated heterocycles. The Balaban J connectivity index is 2.62. The first-order chi connectivity index (χ1) is 10.1. The molecule has 6 nitrogen and oxygen atoms in total. The summed E-state index contributed by atoms with van der Waals surface area (Å²) in [6.07, 6.45) is 0. The van der Waals surface area contributed by atoms with Gasteiger partial charge in [-0.1, -0.05) is 12.1 Å². The summed E-state index contributed by atoms with van der Waals surface area (Å²) in [7, 11) is 3.09. The van der Waals surface area contributed by atoms with Crippen molar-refractivity contribution < 1.29 is 14.4 Å². The third-order valence-corrected chi connectivity index (χ3v) is 3.20. The molecule has 2 aromatic rings. The Hall–Kier alpha value is -2.60. The Kier molecular flexibility index (Phi) is 4.39. The van der Waals surface area contributed by atoms with Gasteiger partial charge in [-0.05, 0) is 28.8 Å². The van der Waals surface area contributed by atoms with E-state index < -0.39 is 4.92 Å². The maximum Gasteiger partial charge on any atom is 0.270 e. The van der Waals surface area contributed by atoms with Crippen LogP contribution in [-0.4, -0.2) is 19.1 Å². The number of nitrogens with two attached hydrogens (primary N) is 1. The molecule has 0 atom stereocenters. The fourth-order valence-corrected chi connectivity index (χ4v) is 2.15. The van der Waals surface area contributed by atoms with E-state index in [0.717, 1.165) is 11.1 Å². The van der Waals surface area contributed by atoms with E-state index in [1.54, 1.807) is 31.4 Å². The first-order valence-electron chi connectivity index (χ1n) is 6.30. The predicted octanol–water partition coefficient (Wildman–Crippen LogP) is 2.74. The van der Waals surface area contributed by atoms with Crippen LogP contribution < -0.4 is 15.2 Å². The minimum atomic E-state index is -0.424. The van der Waals surface area contributed by atoms with Crippen molar-refractivity contribution in [1.29, 1.82) is 0 Å². The van der Waals surface area contributed by atoms with E-state index >= 15 is 0 Å². The van der Waals surface area contributed by atoms with Crippen molar-refractivity contribution in [1.82, 2.24) is 0 Å². The average molecular weight is 288 g/mol. The second kappa shape index (κ2) is 6.23. The van der Waals surface area contributed by atoms with Gasteiger partial charge in [-0.3, -0.25) is 10.1 Å². The highest BCUT2D eigenvalue weighted by Gasteiger charge is 2.14. The Bertz CT molecular complexity index is 671. The molecule has 0 heterocycles. The number of ether oxygens (including phenoxy) is 2. The second-order valence-electron chi connectivity index (χ2n) is 4.38. The van der Waals surface area contributed by atoms with E-state index in [1.165, 1.54) is 19.2 Å². The normalized spacial score (nSPS) is 10.2. The molecule has 110 valence electrons. The number of benzene rings is 2. The van der Waals surface area contributed by atoms with E-state index in [0.29, 0.717) is 23.6 Å². The molecular formula is C15H16N2O4. The number of nitro groups is 1. The summed E-state index contributed by atoms with van der Waals surface area (Å²) >= 11 is 0. The SMILES string of the molecule is COc1cc(CN)c(-c2cccc([N+](=O)[O-])c2)cc1OC. The molecule has 2 rings (SSSR count). The van der Waals surface area contributed by atoms with Gasteiger partial charge in [-0.2, -0.15) is 0 Å². The van der Waals surface area contributed by atoms with Gasteiger partial charge in [0.15, 0.2) is 11.5 Å². The van der Waals surface area contributed by atoms with Crippen LogP contribution in [0.5, 0.6) is 11.5 Å². The first-order valence-corrected chi connectivity index (χ1v) is 6.30. The highest BCUT2D eigenvalue weighted by Crippen LogP contribution is 2.36. The summed E-state index contributed by atoms with van der Waals surface area (Å²) in [4.78, 5) is 10.5. The van der Waals surface area contributed by atoms with Gasteiger partial charge in [-0.25, -0.2) is 0 Å². The zero-order chi connectivity index (χ0) is 15.4. The molecule has 6 heteroatoms. The molecule has 0 fully saturated rings. The van der Waals surface area contributed by atoms with Crippen molar-refractivity contribution in [3.8, 4) is 22.6 Å². The minimum Gasteiger partial charge on any atom is -0.493 e. The van der Waals surface area contributed by atoms with Gasteiger partial charge in [0.25, 0.3) is 5.69 Å². The molecule has 2 aromatic carbocycles. The number of hydrogen-bond donors (Lipinski definition) is 1. The minimum absolute atomic E-state index is 0.0326. The van der Waals surface area contributed by atoms with E-state index in [9.17, 15) is 10.1 Å². The fourth-order valence-electron chi connectivity index (χ4n) is 2.15. The van der Waals surface area contributed by atoms with Crippen LogP contribution in [0.4, 0.5) is 5.69 Å². The van der Waals surface area contributed by atoms with Gasteiger partial charge < -0.3 is 15.2 Å². The number of non-ortho nitro benzene ring substituents is 1. The molecule has 0 unspecified atom stereocenters. The van der Waals surface area contributed by atoms with Crippen LogP contribution >= 0.6 is 0 Å². The third-order valence-electron chi connectivity index (χ3n) is 3.20. The number of rotatable bonds is 5. The van der Waals surface area contributed by atoms with E-state index in [2.05, 4.69) is 0 Å². The van der Waals surface area contributed by atoms with Crippen molar-refractivity contribution in [2.75, 3.05) is 14.2 Å². The largest absolute Gasteiger partial charge is 0.493 e. The third kappa shape index (κ3) is 2.95. The zero-order valence-electron chi connectivity index (χ0n) is 11.8. The first kappa shape index (κ1) is 14.8. The monoisotopic (exact) mass is 288 g/mol.